The number of anilines is 1. The van der Waals surface area contributed by atoms with Crippen LogP contribution in [0.3, 0.4) is 0 Å². The van der Waals surface area contributed by atoms with Crippen molar-refractivity contribution in [1.29, 1.82) is 0 Å². The molecule has 23 heavy (non-hydrogen) atoms. The van der Waals surface area contributed by atoms with Gasteiger partial charge in [-0.05, 0) is 32.7 Å². The molecule has 1 saturated carbocycles. The van der Waals surface area contributed by atoms with Gasteiger partial charge in [0.1, 0.15) is 5.69 Å². The van der Waals surface area contributed by atoms with Gasteiger partial charge in [0, 0.05) is 19.6 Å². The third-order valence-electron chi connectivity index (χ3n) is 5.29. The fourth-order valence-corrected chi connectivity index (χ4v) is 4.02. The first-order valence-electron chi connectivity index (χ1n) is 8.72. The lowest BCUT2D eigenvalue weighted by Gasteiger charge is -2.30. The van der Waals surface area contributed by atoms with Crippen LogP contribution in [-0.4, -0.2) is 46.8 Å². The van der Waals surface area contributed by atoms with Crippen LogP contribution in [-0.2, 0) is 11.8 Å². The van der Waals surface area contributed by atoms with Crippen LogP contribution in [0.2, 0.25) is 0 Å². The van der Waals surface area contributed by atoms with Crippen molar-refractivity contribution in [2.24, 2.45) is 13.0 Å². The molecular weight excluding hydrogens is 292 g/mol. The first-order chi connectivity index (χ1) is 11.1. The van der Waals surface area contributed by atoms with Gasteiger partial charge in [0.2, 0.25) is 11.8 Å². The topological polar surface area (TPSA) is 59.4 Å². The molecule has 2 fully saturated rings. The number of hydrogen-bond acceptors (Lipinski definition) is 4. The zero-order valence-electron chi connectivity index (χ0n) is 14.5. The Morgan fingerprint density at radius 2 is 2.00 bits per heavy atom. The van der Waals surface area contributed by atoms with Crippen LogP contribution < -0.4 is 10.1 Å². The molecule has 1 saturated heterocycles. The highest BCUT2D eigenvalue weighted by Crippen LogP contribution is 2.31. The van der Waals surface area contributed by atoms with E-state index in [1.54, 1.807) is 11.8 Å². The second-order valence-corrected chi connectivity index (χ2v) is 6.85. The molecule has 0 unspecified atom stereocenters. The third-order valence-corrected chi connectivity index (χ3v) is 5.29. The maximum absolute atomic E-state index is 12.6. The predicted octanol–water partition coefficient (Wildman–Crippen LogP) is 2.33. The van der Waals surface area contributed by atoms with Crippen LogP contribution in [0.4, 0.5) is 5.69 Å². The molecule has 6 nitrogen and oxygen atoms in total. The summed E-state index contributed by atoms with van der Waals surface area (Å²) in [5, 5.41) is 7.36. The summed E-state index contributed by atoms with van der Waals surface area (Å²) in [5.41, 5.74) is 1.50. The van der Waals surface area contributed by atoms with Crippen molar-refractivity contribution in [3.8, 4) is 5.88 Å². The second-order valence-electron chi connectivity index (χ2n) is 6.85. The van der Waals surface area contributed by atoms with Gasteiger partial charge >= 0.3 is 0 Å². The van der Waals surface area contributed by atoms with E-state index in [1.165, 1.54) is 32.1 Å². The van der Waals surface area contributed by atoms with Crippen LogP contribution in [0.15, 0.2) is 0 Å². The molecule has 0 aromatic carbocycles. The monoisotopic (exact) mass is 320 g/mol. The molecule has 1 aliphatic heterocycles. The van der Waals surface area contributed by atoms with E-state index in [-0.39, 0.29) is 11.8 Å². The minimum Gasteiger partial charge on any atom is -0.480 e. The zero-order valence-corrected chi connectivity index (χ0v) is 14.5. The normalized spacial score (nSPS) is 23.2. The Bertz CT molecular complexity index is 563. The number of carbonyl (C=O) groups excluding carboxylic acids is 1. The molecule has 1 atom stereocenters. The molecule has 128 valence electrons. The summed E-state index contributed by atoms with van der Waals surface area (Å²) < 4.78 is 7.01. The van der Waals surface area contributed by atoms with Gasteiger partial charge in [-0.25, -0.2) is 4.68 Å². The van der Waals surface area contributed by atoms with Crippen molar-refractivity contribution in [3.05, 3.63) is 5.69 Å². The molecule has 0 spiro atoms. The largest absolute Gasteiger partial charge is 0.480 e. The molecular formula is C17H28N4O2. The van der Waals surface area contributed by atoms with Gasteiger partial charge in [0.05, 0.1) is 18.7 Å². The van der Waals surface area contributed by atoms with Crippen molar-refractivity contribution in [3.63, 3.8) is 0 Å². The van der Waals surface area contributed by atoms with Gasteiger partial charge in [0.15, 0.2) is 0 Å². The Morgan fingerprint density at radius 1 is 1.26 bits per heavy atom. The highest BCUT2D eigenvalue weighted by molar-refractivity contribution is 5.94. The van der Waals surface area contributed by atoms with E-state index in [4.69, 9.17) is 4.74 Å². The summed E-state index contributed by atoms with van der Waals surface area (Å²) in [5.74, 6) is 0.775. The summed E-state index contributed by atoms with van der Waals surface area (Å²) in [6, 6.07) is 0.691. The van der Waals surface area contributed by atoms with E-state index in [2.05, 4.69) is 15.3 Å². The van der Waals surface area contributed by atoms with Gasteiger partial charge in [-0.1, -0.05) is 19.3 Å². The molecule has 0 radical (unpaired) electrons. The Balaban J connectivity index is 1.61. The number of aryl methyl sites for hydroxylation is 2. The van der Waals surface area contributed by atoms with Crippen LogP contribution in [0.5, 0.6) is 5.88 Å². The molecule has 2 heterocycles. The number of aromatic nitrogens is 2. The fourth-order valence-electron chi connectivity index (χ4n) is 4.02. The van der Waals surface area contributed by atoms with Crippen molar-refractivity contribution < 1.29 is 9.53 Å². The first kappa shape index (κ1) is 16.3. The Kier molecular flexibility index (Phi) is 4.90. The summed E-state index contributed by atoms with van der Waals surface area (Å²) in [6.45, 7) is 3.82. The first-order valence-corrected chi connectivity index (χ1v) is 8.72. The van der Waals surface area contributed by atoms with Gasteiger partial charge < -0.3 is 10.1 Å². The average Bonchev–Trinajstić information content (AvgIpc) is 3.14. The predicted molar refractivity (Wildman–Crippen MR) is 89.7 cm³/mol. The van der Waals surface area contributed by atoms with E-state index in [9.17, 15) is 4.79 Å². The molecule has 1 amide bonds. The summed E-state index contributed by atoms with van der Waals surface area (Å²) >= 11 is 0. The number of nitrogens with one attached hydrogen (secondary N) is 1. The minimum absolute atomic E-state index is 0.0706. The molecule has 3 rings (SSSR count). The molecule has 0 bridgehead atoms. The lowest BCUT2D eigenvalue weighted by molar-refractivity contribution is -0.119. The van der Waals surface area contributed by atoms with E-state index in [0.29, 0.717) is 17.6 Å². The van der Waals surface area contributed by atoms with E-state index in [1.807, 2.05) is 14.0 Å². The van der Waals surface area contributed by atoms with Crippen molar-refractivity contribution in [1.82, 2.24) is 14.7 Å². The van der Waals surface area contributed by atoms with E-state index < -0.39 is 0 Å². The fraction of sp³-hybridized carbons (Fsp3) is 0.765. The molecule has 1 aliphatic carbocycles. The lowest BCUT2D eigenvalue weighted by Crippen LogP contribution is -2.36. The summed E-state index contributed by atoms with van der Waals surface area (Å²) in [7, 11) is 3.42. The van der Waals surface area contributed by atoms with Gasteiger partial charge in [0.25, 0.3) is 0 Å². The number of ether oxygens (including phenoxy) is 1. The van der Waals surface area contributed by atoms with Crippen molar-refractivity contribution >= 4 is 11.6 Å². The van der Waals surface area contributed by atoms with Crippen LogP contribution >= 0.6 is 0 Å². The van der Waals surface area contributed by atoms with Gasteiger partial charge in [-0.2, -0.15) is 5.10 Å². The second kappa shape index (κ2) is 6.91. The molecule has 1 aromatic rings. The van der Waals surface area contributed by atoms with E-state index >= 15 is 0 Å². The molecule has 1 aromatic heterocycles. The van der Waals surface area contributed by atoms with Crippen molar-refractivity contribution in [2.75, 3.05) is 25.5 Å². The Hall–Kier alpha value is -1.56. The van der Waals surface area contributed by atoms with Crippen LogP contribution in [0.1, 0.15) is 44.2 Å². The van der Waals surface area contributed by atoms with Crippen molar-refractivity contribution in [2.45, 2.75) is 51.5 Å². The number of nitrogens with zero attached hydrogens (tertiary/aromatic N) is 3. The zero-order chi connectivity index (χ0) is 16.4. The number of carbonyl (C=O) groups is 1. The number of likely N-dealkylation sites (tertiary alicyclic amines) is 1. The van der Waals surface area contributed by atoms with Gasteiger partial charge in [-0.3, -0.25) is 9.69 Å². The van der Waals surface area contributed by atoms with Crippen LogP contribution in [0, 0.1) is 12.8 Å². The molecule has 2 aliphatic rings. The average molecular weight is 320 g/mol. The molecule has 6 heteroatoms. The lowest BCUT2D eigenvalue weighted by atomic mass is 9.94. The molecule has 1 N–H and O–H groups in total. The quantitative estimate of drug-likeness (QED) is 0.925. The number of amides is 1. The smallest absolute Gasteiger partial charge is 0.236 e. The van der Waals surface area contributed by atoms with Crippen LogP contribution in [0.25, 0.3) is 0 Å². The highest BCUT2D eigenvalue weighted by Gasteiger charge is 2.33. The maximum atomic E-state index is 12.6. The minimum atomic E-state index is 0.0706. The van der Waals surface area contributed by atoms with E-state index in [0.717, 1.165) is 25.2 Å². The Labute approximate surface area is 138 Å². The Morgan fingerprint density at radius 3 is 2.70 bits per heavy atom. The SMILES string of the molecule is COc1c(NC(=O)[C@H]2CCN(C3CCCCC3)C2)c(C)nn1C. The number of methoxy groups -OCH3 is 1. The summed E-state index contributed by atoms with van der Waals surface area (Å²) in [6.07, 6.45) is 7.58. The summed E-state index contributed by atoms with van der Waals surface area (Å²) in [4.78, 5) is 15.2. The van der Waals surface area contributed by atoms with Gasteiger partial charge in [-0.15, -0.1) is 0 Å². The number of hydrogen-bond donors (Lipinski definition) is 1. The maximum Gasteiger partial charge on any atom is 0.236 e. The third kappa shape index (κ3) is 3.37. The highest BCUT2D eigenvalue weighted by atomic mass is 16.5. The number of rotatable bonds is 4. The standard InChI is InChI=1S/C17H28N4O2/c1-12-15(17(23-3)20(2)19-12)18-16(22)13-9-10-21(11-13)14-7-5-4-6-8-14/h13-14H,4-11H2,1-3H3,(H,18,22)/t13-/m0/s1.